The summed E-state index contributed by atoms with van der Waals surface area (Å²) in [7, 11) is 0. The Morgan fingerprint density at radius 1 is 1.33 bits per heavy atom. The maximum atomic E-state index is 9.87. The molecule has 0 fully saturated rings. The average molecular weight is 223 g/mol. The summed E-state index contributed by atoms with van der Waals surface area (Å²) in [6.45, 7) is 0. The third-order valence-corrected chi connectivity index (χ3v) is 1.99. The average Bonchev–Trinajstić information content (AvgIpc) is 2.01. The molecule has 0 radical (unpaired) electrons. The Kier molecular flexibility index (Phi) is 3.06. The van der Waals surface area contributed by atoms with Crippen LogP contribution in [0.1, 0.15) is 0 Å². The van der Waals surface area contributed by atoms with Gasteiger partial charge in [0.25, 0.3) is 0 Å². The highest BCUT2D eigenvalue weighted by molar-refractivity contribution is 6.42. The van der Waals surface area contributed by atoms with Crippen LogP contribution in [-0.2, 0) is 4.79 Å². The first-order valence-corrected chi connectivity index (χ1v) is 3.88. The molecule has 0 spiro atoms. The molecule has 0 bridgehead atoms. The van der Waals surface area contributed by atoms with Crippen molar-refractivity contribution < 1.29 is 4.79 Å². The zero-order chi connectivity index (χ0) is 9.14. The van der Waals surface area contributed by atoms with Crippen LogP contribution in [0.25, 0.3) is 0 Å². The minimum Gasteiger partial charge on any atom is -0.220 e. The fourth-order valence-corrected chi connectivity index (χ4v) is 1.07. The fourth-order valence-electron chi connectivity index (χ4n) is 0.564. The number of carbonyl (C=O) groups excluding carboxylic acids is 1. The van der Waals surface area contributed by atoms with Gasteiger partial charge in [0, 0.05) is 0 Å². The predicted octanol–water partition coefficient (Wildman–Crippen LogP) is 3.01. The van der Waals surface area contributed by atoms with Crippen molar-refractivity contribution in [2.24, 2.45) is 4.99 Å². The van der Waals surface area contributed by atoms with E-state index in [1.165, 1.54) is 12.1 Å². The van der Waals surface area contributed by atoms with E-state index in [2.05, 4.69) is 9.98 Å². The Labute approximate surface area is 83.0 Å². The van der Waals surface area contributed by atoms with E-state index in [1.807, 2.05) is 0 Å². The van der Waals surface area contributed by atoms with Gasteiger partial charge in [-0.05, 0) is 6.07 Å². The van der Waals surface area contributed by atoms with Crippen LogP contribution in [0.5, 0.6) is 0 Å². The van der Waals surface area contributed by atoms with Crippen LogP contribution in [-0.4, -0.2) is 11.1 Å². The molecule has 6 heteroatoms. The van der Waals surface area contributed by atoms with E-state index in [9.17, 15) is 4.79 Å². The molecule has 0 aromatic carbocycles. The van der Waals surface area contributed by atoms with Gasteiger partial charge in [-0.3, -0.25) is 0 Å². The van der Waals surface area contributed by atoms with Crippen LogP contribution >= 0.6 is 34.8 Å². The van der Waals surface area contributed by atoms with E-state index in [0.717, 1.165) is 0 Å². The van der Waals surface area contributed by atoms with Gasteiger partial charge in [-0.2, -0.15) is 4.99 Å². The molecule has 1 aromatic heterocycles. The highest BCUT2D eigenvalue weighted by Crippen LogP contribution is 2.30. The Hall–Kier alpha value is -0.600. The van der Waals surface area contributed by atoms with Crippen molar-refractivity contribution in [2.75, 3.05) is 0 Å². The molecule has 0 unspecified atom stereocenters. The van der Waals surface area contributed by atoms with Crippen molar-refractivity contribution >= 4 is 46.6 Å². The molecule has 0 aliphatic carbocycles. The topological polar surface area (TPSA) is 42.3 Å². The smallest absolute Gasteiger partial charge is 0.220 e. The number of aromatic nitrogens is 1. The summed E-state index contributed by atoms with van der Waals surface area (Å²) in [4.78, 5) is 16.8. The molecule has 0 atom stereocenters. The summed E-state index contributed by atoms with van der Waals surface area (Å²) in [5.41, 5.74) is 0.154. The third kappa shape index (κ3) is 1.96. The second-order valence-corrected chi connectivity index (χ2v) is 2.90. The third-order valence-electron chi connectivity index (χ3n) is 1.03. The lowest BCUT2D eigenvalue weighted by Crippen LogP contribution is -1.79. The van der Waals surface area contributed by atoms with Gasteiger partial charge in [0.1, 0.15) is 10.8 Å². The molecular weight excluding hydrogens is 222 g/mol. The summed E-state index contributed by atoms with van der Waals surface area (Å²) in [5, 5.41) is 0.286. The number of aliphatic imine (C=N–C) groups is 1. The largest absolute Gasteiger partial charge is 0.240 e. The van der Waals surface area contributed by atoms with Crippen LogP contribution in [0.3, 0.4) is 0 Å². The lowest BCUT2D eigenvalue weighted by molar-refractivity contribution is 0.565. The van der Waals surface area contributed by atoms with E-state index >= 15 is 0 Å². The molecule has 0 saturated heterocycles. The van der Waals surface area contributed by atoms with Gasteiger partial charge in [-0.15, -0.1) is 0 Å². The summed E-state index contributed by atoms with van der Waals surface area (Å²) in [6.07, 6.45) is 1.32. The Morgan fingerprint density at radius 3 is 2.58 bits per heavy atom. The SMILES string of the molecule is O=C=Nc1cc(Cl)c(Cl)nc1Cl. The van der Waals surface area contributed by atoms with Crippen molar-refractivity contribution in [2.45, 2.75) is 0 Å². The zero-order valence-corrected chi connectivity index (χ0v) is 7.78. The molecule has 62 valence electrons. The van der Waals surface area contributed by atoms with Gasteiger partial charge < -0.3 is 0 Å². The van der Waals surface area contributed by atoms with Gasteiger partial charge in [-0.1, -0.05) is 34.8 Å². The number of halogens is 3. The first kappa shape index (κ1) is 9.49. The summed E-state index contributed by atoms with van der Waals surface area (Å²) < 4.78 is 0. The number of hydrogen-bond donors (Lipinski definition) is 0. The van der Waals surface area contributed by atoms with Crippen molar-refractivity contribution in [1.82, 2.24) is 4.98 Å². The highest BCUT2D eigenvalue weighted by Gasteiger charge is 2.05. The maximum absolute atomic E-state index is 9.87. The van der Waals surface area contributed by atoms with E-state index in [-0.39, 0.29) is 21.0 Å². The molecule has 0 amide bonds. The van der Waals surface area contributed by atoms with Gasteiger partial charge in [-0.25, -0.2) is 9.78 Å². The molecule has 1 rings (SSSR count). The molecule has 1 aromatic rings. The van der Waals surface area contributed by atoms with Crippen LogP contribution in [0.4, 0.5) is 5.69 Å². The van der Waals surface area contributed by atoms with Gasteiger partial charge in [0.2, 0.25) is 6.08 Å². The standard InChI is InChI=1S/C6HCl3N2O/c7-3-1-4(10-2-12)6(9)11-5(3)8/h1H. The minimum atomic E-state index is 0.0211. The Morgan fingerprint density at radius 2 is 2.00 bits per heavy atom. The number of hydrogen-bond acceptors (Lipinski definition) is 3. The van der Waals surface area contributed by atoms with Crippen LogP contribution in [0, 0.1) is 0 Å². The minimum absolute atomic E-state index is 0.0211. The second-order valence-electron chi connectivity index (χ2n) is 1.77. The summed E-state index contributed by atoms with van der Waals surface area (Å²) in [6, 6.07) is 1.34. The maximum Gasteiger partial charge on any atom is 0.240 e. The lowest BCUT2D eigenvalue weighted by atomic mass is 10.4. The van der Waals surface area contributed by atoms with Crippen LogP contribution < -0.4 is 0 Å². The summed E-state index contributed by atoms with van der Waals surface area (Å²) >= 11 is 16.7. The molecule has 12 heavy (non-hydrogen) atoms. The quantitative estimate of drug-likeness (QED) is 0.417. The fraction of sp³-hybridized carbons (Fsp3) is 0. The second kappa shape index (κ2) is 3.87. The van der Waals surface area contributed by atoms with Crippen molar-refractivity contribution in [3.63, 3.8) is 0 Å². The van der Waals surface area contributed by atoms with Gasteiger partial charge in [0.05, 0.1) is 5.02 Å². The van der Waals surface area contributed by atoms with E-state index < -0.39 is 0 Å². The molecule has 0 saturated carbocycles. The molecular formula is C6HCl3N2O. The van der Waals surface area contributed by atoms with E-state index in [4.69, 9.17) is 34.8 Å². The molecule has 0 aliphatic rings. The van der Waals surface area contributed by atoms with Crippen molar-refractivity contribution in [3.8, 4) is 0 Å². The molecule has 3 nitrogen and oxygen atoms in total. The Bertz CT molecular complexity index is 360. The van der Waals surface area contributed by atoms with E-state index in [0.29, 0.717) is 0 Å². The normalized spacial score (nSPS) is 9.25. The zero-order valence-electron chi connectivity index (χ0n) is 5.51. The van der Waals surface area contributed by atoms with Crippen LogP contribution in [0.15, 0.2) is 11.1 Å². The van der Waals surface area contributed by atoms with Gasteiger partial charge in [0.15, 0.2) is 5.15 Å². The van der Waals surface area contributed by atoms with Gasteiger partial charge >= 0.3 is 0 Å². The van der Waals surface area contributed by atoms with Crippen LogP contribution in [0.2, 0.25) is 15.3 Å². The number of pyridine rings is 1. The molecule has 0 aliphatic heterocycles. The first-order chi connectivity index (χ1) is 5.65. The highest BCUT2D eigenvalue weighted by atomic mass is 35.5. The Balaban J connectivity index is 3.32. The molecule has 0 N–H and O–H groups in total. The lowest BCUT2D eigenvalue weighted by Gasteiger charge is -1.97. The van der Waals surface area contributed by atoms with Crippen molar-refractivity contribution in [3.05, 3.63) is 21.4 Å². The number of rotatable bonds is 1. The monoisotopic (exact) mass is 222 g/mol. The number of isocyanates is 1. The van der Waals surface area contributed by atoms with Crippen molar-refractivity contribution in [1.29, 1.82) is 0 Å². The van der Waals surface area contributed by atoms with E-state index in [1.54, 1.807) is 0 Å². The number of nitrogens with zero attached hydrogens (tertiary/aromatic N) is 2. The molecule has 1 heterocycles. The predicted molar refractivity (Wildman–Crippen MR) is 47.0 cm³/mol. The summed E-state index contributed by atoms with van der Waals surface area (Å²) in [5.74, 6) is 0. The first-order valence-electron chi connectivity index (χ1n) is 2.74.